The number of aliphatic hydroxyl groups excluding tert-OH is 2. The number of thiol groups is 1. The Morgan fingerprint density at radius 2 is 1.93 bits per heavy atom. The van der Waals surface area contributed by atoms with E-state index in [0.29, 0.717) is 0 Å². The number of aliphatic hydroxyl groups is 2. The summed E-state index contributed by atoms with van der Waals surface area (Å²) in [5, 5.41) is 19.1. The molecule has 0 amide bonds. The molecule has 0 saturated carbocycles. The number of aromatic nitrogens is 8. The summed E-state index contributed by atoms with van der Waals surface area (Å²) in [5.41, 5.74) is 11.3. The maximum atomic E-state index is 15.7. The Kier molecular flexibility index (Phi) is 9.15. The Labute approximate surface area is 266 Å². The van der Waals surface area contributed by atoms with Crippen molar-refractivity contribution in [2.45, 2.75) is 47.4 Å². The lowest BCUT2D eigenvalue weighted by Gasteiger charge is -2.27. The van der Waals surface area contributed by atoms with Gasteiger partial charge in [-0.1, -0.05) is 0 Å². The van der Waals surface area contributed by atoms with Gasteiger partial charge in [0.1, 0.15) is 41.7 Å². The first kappa shape index (κ1) is 32.5. The second-order valence-electron chi connectivity index (χ2n) is 9.75. The third kappa shape index (κ3) is 6.20. The number of nitrogens with zero attached hydrogens (tertiary/aromatic N) is 7. The van der Waals surface area contributed by atoms with E-state index in [1.807, 2.05) is 0 Å². The van der Waals surface area contributed by atoms with E-state index >= 15 is 4.39 Å². The second kappa shape index (κ2) is 12.7. The predicted molar refractivity (Wildman–Crippen MR) is 163 cm³/mol. The minimum absolute atomic E-state index is 0.0488. The van der Waals surface area contributed by atoms with Gasteiger partial charge in [-0.25, -0.2) is 24.3 Å². The molecule has 2 fully saturated rings. The molecule has 6 heterocycles. The molecule has 242 valence electrons. The molecule has 2 aliphatic heterocycles. The number of hydrogen-bond donors (Lipinski definition) is 7. The summed E-state index contributed by atoms with van der Waals surface area (Å²) in [6.07, 6.45) is -5.18. The molecule has 3 unspecified atom stereocenters. The summed E-state index contributed by atoms with van der Waals surface area (Å²) in [4.78, 5) is 45.9. The molecule has 0 spiro atoms. The van der Waals surface area contributed by atoms with Crippen molar-refractivity contribution < 1.29 is 42.4 Å². The lowest BCUT2D eigenvalue weighted by Crippen LogP contribution is -2.35. The van der Waals surface area contributed by atoms with Crippen LogP contribution in [0.2, 0.25) is 0 Å². The largest absolute Gasteiger partial charge is 0.582 e. The first-order valence-electron chi connectivity index (χ1n) is 12.8. The number of halogens is 1. The number of H-pyrrole nitrogens is 1. The number of imidazole rings is 2. The molecule has 0 radical (unpaired) electrons. The first-order chi connectivity index (χ1) is 21.4. The molecule has 10 atom stereocenters. The Hall–Kier alpha value is -2.40. The van der Waals surface area contributed by atoms with E-state index in [1.165, 1.54) is 21.8 Å². The van der Waals surface area contributed by atoms with Gasteiger partial charge in [0.15, 0.2) is 41.1 Å². The number of anilines is 2. The monoisotopic (exact) mass is 725 g/mol. The normalized spacial score (nSPS) is 30.3. The average Bonchev–Trinajstić information content (AvgIpc) is 3.73. The lowest BCUT2D eigenvalue weighted by atomic mass is 10.1. The van der Waals surface area contributed by atoms with Gasteiger partial charge in [-0.3, -0.25) is 23.4 Å². The van der Waals surface area contributed by atoms with Crippen LogP contribution in [0.3, 0.4) is 0 Å². The Bertz CT molecular complexity index is 1870. The highest BCUT2D eigenvalue weighted by Gasteiger charge is 2.53. The van der Waals surface area contributed by atoms with Crippen LogP contribution in [-0.4, -0.2) is 103 Å². The second-order valence-corrected chi connectivity index (χ2v) is 15.6. The number of nitrogen functional groups attached to an aromatic ring is 2. The Morgan fingerprint density at radius 1 is 1.20 bits per heavy atom. The van der Waals surface area contributed by atoms with Gasteiger partial charge in [0.25, 0.3) is 5.56 Å². The Morgan fingerprint density at radius 3 is 2.67 bits per heavy atom. The highest BCUT2D eigenvalue weighted by molar-refractivity contribution is 8.39. The summed E-state index contributed by atoms with van der Waals surface area (Å²) in [7, 11) is -2.61. The maximum Gasteiger partial charge on any atom is 0.582 e. The summed E-state index contributed by atoms with van der Waals surface area (Å²) < 4.78 is 52.5. The Balaban J connectivity index is 1.22. The van der Waals surface area contributed by atoms with E-state index in [0.717, 1.165) is 18.1 Å². The van der Waals surface area contributed by atoms with E-state index in [4.69, 9.17) is 41.6 Å². The van der Waals surface area contributed by atoms with Gasteiger partial charge in [-0.05, 0) is 16.4 Å². The zero-order valence-corrected chi connectivity index (χ0v) is 26.7. The first-order valence-corrected chi connectivity index (χ1v) is 18.6. The number of nitrogens with two attached hydrogens (primary N) is 2. The van der Waals surface area contributed by atoms with Gasteiger partial charge in [0.05, 0.1) is 37.2 Å². The molecule has 25 heteroatoms. The van der Waals surface area contributed by atoms with Crippen molar-refractivity contribution in [3.8, 4) is 0 Å². The van der Waals surface area contributed by atoms with Crippen LogP contribution in [0.15, 0.2) is 23.8 Å². The number of fused-ring (bicyclic) bond motifs is 2. The lowest BCUT2D eigenvalue weighted by molar-refractivity contribution is -0.0448. The van der Waals surface area contributed by atoms with Gasteiger partial charge in [-0.2, -0.15) is 4.98 Å². The standard InChI is InChI=1S/C20H23FN10O9P2S3/c21-8-12(39-41(35)43)6(38-18(8)30-4-26-9-14(22)24-3-25-15(9)30)2-37-42(36,44)40-13-11(33)7(1-32)45-19(13)31-5-27-10-16(31)28-20(23)29-17(10)34/h3-8,11-13,18-19,32-33H,1-2H2,(H6-,22,23,24,25,28,29,34,35,36,43,44)/p+1/t6-,7-,8+,11-,12-,13-,18?,19-,42?/m1/s1. The maximum absolute atomic E-state index is 15.7. The molecular formula is C20H24FN10O9P2S3+. The summed E-state index contributed by atoms with van der Waals surface area (Å²) in [5.74, 6) is -0.134. The van der Waals surface area contributed by atoms with Crippen LogP contribution >= 0.6 is 38.0 Å². The topological polar surface area (TPSA) is 274 Å². The average molecular weight is 726 g/mol. The number of nitrogens with one attached hydrogen (secondary N) is 1. The third-order valence-corrected chi connectivity index (χ3v) is 10.8. The number of aromatic amines is 1. The molecule has 0 aromatic carbocycles. The zero-order valence-electron chi connectivity index (χ0n) is 22.4. The van der Waals surface area contributed by atoms with Gasteiger partial charge in [0.2, 0.25) is 5.95 Å². The van der Waals surface area contributed by atoms with Crippen molar-refractivity contribution in [1.82, 2.24) is 39.0 Å². The molecule has 0 bridgehead atoms. The molecule has 2 saturated heterocycles. The molecule has 45 heavy (non-hydrogen) atoms. The van der Waals surface area contributed by atoms with Crippen LogP contribution in [0.4, 0.5) is 16.2 Å². The minimum Gasteiger partial charge on any atom is -0.395 e. The smallest absolute Gasteiger partial charge is 0.395 e. The van der Waals surface area contributed by atoms with E-state index in [2.05, 4.69) is 42.2 Å². The highest BCUT2D eigenvalue weighted by Crippen LogP contribution is 2.54. The summed E-state index contributed by atoms with van der Waals surface area (Å²) >= 11 is 10.00. The van der Waals surface area contributed by atoms with Gasteiger partial charge in [0, 0.05) is 0 Å². The van der Waals surface area contributed by atoms with Crippen LogP contribution in [-0.2, 0) is 34.7 Å². The molecule has 4 aromatic heterocycles. The van der Waals surface area contributed by atoms with Crippen molar-refractivity contribution in [3.05, 3.63) is 29.3 Å². The number of rotatable bonds is 10. The molecule has 8 N–H and O–H groups in total. The van der Waals surface area contributed by atoms with Crippen LogP contribution < -0.4 is 17.0 Å². The molecule has 2 aliphatic rings. The van der Waals surface area contributed by atoms with E-state index in [1.54, 1.807) is 0 Å². The van der Waals surface area contributed by atoms with E-state index in [9.17, 15) is 24.5 Å². The van der Waals surface area contributed by atoms with Gasteiger partial charge < -0.3 is 35.8 Å². The van der Waals surface area contributed by atoms with Gasteiger partial charge >= 0.3 is 13.9 Å². The van der Waals surface area contributed by atoms with Crippen molar-refractivity contribution in [1.29, 1.82) is 0 Å². The van der Waals surface area contributed by atoms with E-state index in [-0.39, 0.29) is 34.1 Å². The van der Waals surface area contributed by atoms with Crippen LogP contribution in [0, 0.1) is 0 Å². The fraction of sp³-hybridized carbons (Fsp3) is 0.500. The number of thioether (sulfide) groups is 1. The van der Waals surface area contributed by atoms with Crippen molar-refractivity contribution in [3.63, 3.8) is 0 Å². The van der Waals surface area contributed by atoms with E-state index < -0.39 is 80.2 Å². The number of alkyl halides is 1. The molecule has 6 rings (SSSR count). The van der Waals surface area contributed by atoms with Crippen LogP contribution in [0.1, 0.15) is 11.6 Å². The van der Waals surface area contributed by atoms with Crippen molar-refractivity contribution >= 4 is 83.9 Å². The summed E-state index contributed by atoms with van der Waals surface area (Å²) in [6.45, 7) is -5.35. The SMILES string of the molecule is Nc1nc2c(ncn2[C@@H]2S[C@H](CO)[C@@H](O)[C@H]2OP(O)(=S)OC[C@H]2OC(n3cnc4c(N)ncnc43)[C@@H](F)[C@@H]2O[P+](=O)S)c(=O)[nH]1. The molecule has 19 nitrogen and oxygen atoms in total. The fourth-order valence-electron chi connectivity index (χ4n) is 5.03. The zero-order chi connectivity index (χ0) is 32.2. The molecule has 0 aliphatic carbocycles. The number of hydrogen-bond acceptors (Lipinski definition) is 17. The van der Waals surface area contributed by atoms with Crippen molar-refractivity contribution in [2.24, 2.45) is 0 Å². The summed E-state index contributed by atoms with van der Waals surface area (Å²) in [6, 6.07) is 0. The molecular weight excluding hydrogens is 701 g/mol. The van der Waals surface area contributed by atoms with Crippen LogP contribution in [0.25, 0.3) is 22.3 Å². The predicted octanol–water partition coefficient (Wildman–Crippen LogP) is -0.0824. The third-order valence-electron chi connectivity index (χ3n) is 7.01. The highest BCUT2D eigenvalue weighted by atomic mass is 32.7. The van der Waals surface area contributed by atoms with Gasteiger partial charge in [-0.15, -0.1) is 16.3 Å². The quantitative estimate of drug-likeness (QED) is 0.0831. The van der Waals surface area contributed by atoms with Crippen molar-refractivity contribution in [2.75, 3.05) is 24.7 Å². The van der Waals surface area contributed by atoms with Crippen LogP contribution in [0.5, 0.6) is 0 Å². The minimum atomic E-state index is -4.27. The molecule has 4 aromatic rings. The fourth-order valence-corrected chi connectivity index (χ4v) is 8.74. The number of ether oxygens (including phenoxy) is 1.